The lowest BCUT2D eigenvalue weighted by molar-refractivity contribution is -0.0619. The van der Waals surface area contributed by atoms with Gasteiger partial charge in [0, 0.05) is 11.1 Å². The fourth-order valence-electron chi connectivity index (χ4n) is 1.58. The van der Waals surface area contributed by atoms with Gasteiger partial charge in [0.05, 0.1) is 0 Å². The van der Waals surface area contributed by atoms with Crippen molar-refractivity contribution in [3.8, 4) is 0 Å². The van der Waals surface area contributed by atoms with Gasteiger partial charge in [0.2, 0.25) is 0 Å². The van der Waals surface area contributed by atoms with E-state index in [1.165, 1.54) is 0 Å². The van der Waals surface area contributed by atoms with Crippen LogP contribution in [0.3, 0.4) is 0 Å². The third kappa shape index (κ3) is 4.27. The normalized spacial score (nSPS) is 15.5. The van der Waals surface area contributed by atoms with Crippen molar-refractivity contribution in [2.75, 3.05) is 0 Å². The summed E-state index contributed by atoms with van der Waals surface area (Å²) in [6, 6.07) is 17.0. The Hall–Kier alpha value is -1.49. The van der Waals surface area contributed by atoms with Crippen LogP contribution < -0.4 is 0 Å². The number of rotatable bonds is 6. The summed E-state index contributed by atoms with van der Waals surface area (Å²) in [5, 5.41) is 19.4. The minimum absolute atomic E-state index is 0.462. The topological polar surface area (TPSA) is 76.0 Å². The first-order chi connectivity index (χ1) is 9.66. The molecule has 0 heterocycles. The van der Waals surface area contributed by atoms with Gasteiger partial charge in [0.1, 0.15) is 0 Å². The molecule has 2 aromatic rings. The summed E-state index contributed by atoms with van der Waals surface area (Å²) in [6.07, 6.45) is -2.71. The van der Waals surface area contributed by atoms with Gasteiger partial charge < -0.3 is 10.2 Å². The maximum Gasteiger partial charge on any atom is 0.324 e. The Labute approximate surface area is 117 Å². The molecule has 0 fully saturated rings. The van der Waals surface area contributed by atoms with E-state index in [1.54, 1.807) is 60.7 Å². The second-order valence-electron chi connectivity index (χ2n) is 4.01. The van der Waals surface area contributed by atoms with E-state index in [0.717, 1.165) is 0 Å². The van der Waals surface area contributed by atoms with Crippen molar-refractivity contribution >= 4 is 8.25 Å². The number of benzene rings is 2. The third-order valence-corrected chi connectivity index (χ3v) is 3.42. The molecule has 0 bridgehead atoms. The molecule has 0 amide bonds. The third-order valence-electron chi connectivity index (χ3n) is 2.59. The Morgan fingerprint density at radius 2 is 1.10 bits per heavy atom. The standard InChI is InChI=1S/C14H15O5P/c15-13(11-7-3-1-4-8-11)18-20(17)19-14(16)12-9-5-2-6-10-12/h1-10,13-16,20H. The molecule has 0 spiro atoms. The summed E-state index contributed by atoms with van der Waals surface area (Å²) in [5.41, 5.74) is 0.923. The molecule has 2 unspecified atom stereocenters. The van der Waals surface area contributed by atoms with Gasteiger partial charge in [0.15, 0.2) is 12.6 Å². The number of hydrogen-bond donors (Lipinski definition) is 2. The second kappa shape index (κ2) is 7.33. The lowest BCUT2D eigenvalue weighted by Crippen LogP contribution is -2.02. The van der Waals surface area contributed by atoms with Gasteiger partial charge in [-0.05, 0) is 0 Å². The molecule has 6 heteroatoms. The Morgan fingerprint density at radius 3 is 1.45 bits per heavy atom. The molecule has 0 saturated heterocycles. The van der Waals surface area contributed by atoms with Crippen LogP contribution in [0.4, 0.5) is 0 Å². The maximum absolute atomic E-state index is 11.6. The quantitative estimate of drug-likeness (QED) is 0.633. The van der Waals surface area contributed by atoms with Gasteiger partial charge in [-0.15, -0.1) is 0 Å². The first-order valence-corrected chi connectivity index (χ1v) is 7.22. The molecule has 2 aromatic carbocycles. The summed E-state index contributed by atoms with van der Waals surface area (Å²) in [5.74, 6) is 0. The van der Waals surface area contributed by atoms with E-state index >= 15 is 0 Å². The first kappa shape index (κ1) is 14.9. The minimum Gasteiger partial charge on any atom is -0.364 e. The van der Waals surface area contributed by atoms with Crippen LogP contribution in [-0.2, 0) is 13.6 Å². The van der Waals surface area contributed by atoms with Gasteiger partial charge in [-0.1, -0.05) is 60.7 Å². The van der Waals surface area contributed by atoms with Crippen molar-refractivity contribution in [2.45, 2.75) is 12.6 Å². The average molecular weight is 294 g/mol. The summed E-state index contributed by atoms with van der Waals surface area (Å²) >= 11 is 0. The molecule has 0 aromatic heterocycles. The van der Waals surface area contributed by atoms with Gasteiger partial charge in [-0.3, -0.25) is 13.6 Å². The van der Waals surface area contributed by atoms with E-state index in [0.29, 0.717) is 11.1 Å². The van der Waals surface area contributed by atoms with Crippen LogP contribution in [0.5, 0.6) is 0 Å². The van der Waals surface area contributed by atoms with E-state index in [4.69, 9.17) is 9.05 Å². The molecule has 2 N–H and O–H groups in total. The predicted octanol–water partition coefficient (Wildman–Crippen LogP) is 2.79. The Kier molecular flexibility index (Phi) is 5.47. The van der Waals surface area contributed by atoms with Crippen molar-refractivity contribution in [3.05, 3.63) is 71.8 Å². The predicted molar refractivity (Wildman–Crippen MR) is 74.0 cm³/mol. The summed E-state index contributed by atoms with van der Waals surface area (Å²) in [6.45, 7) is 0. The molecule has 0 saturated carbocycles. The highest BCUT2D eigenvalue weighted by Crippen LogP contribution is 2.36. The van der Waals surface area contributed by atoms with E-state index in [1.807, 2.05) is 0 Å². The van der Waals surface area contributed by atoms with Crippen LogP contribution in [0.15, 0.2) is 60.7 Å². The molecule has 20 heavy (non-hydrogen) atoms. The Morgan fingerprint density at radius 1 is 0.750 bits per heavy atom. The molecule has 0 aliphatic rings. The van der Waals surface area contributed by atoms with Crippen molar-refractivity contribution < 1.29 is 23.8 Å². The molecule has 0 aliphatic carbocycles. The van der Waals surface area contributed by atoms with Crippen LogP contribution in [0, 0.1) is 0 Å². The molecule has 0 aliphatic heterocycles. The van der Waals surface area contributed by atoms with Crippen molar-refractivity contribution in [1.29, 1.82) is 0 Å². The smallest absolute Gasteiger partial charge is 0.324 e. The lowest BCUT2D eigenvalue weighted by atomic mass is 10.2. The van der Waals surface area contributed by atoms with Crippen LogP contribution >= 0.6 is 8.25 Å². The lowest BCUT2D eigenvalue weighted by Gasteiger charge is -2.15. The molecule has 5 nitrogen and oxygen atoms in total. The van der Waals surface area contributed by atoms with Crippen molar-refractivity contribution in [3.63, 3.8) is 0 Å². The van der Waals surface area contributed by atoms with Crippen LogP contribution in [0.25, 0.3) is 0 Å². The monoisotopic (exact) mass is 294 g/mol. The minimum atomic E-state index is -3.03. The van der Waals surface area contributed by atoms with E-state index in [9.17, 15) is 14.8 Å². The van der Waals surface area contributed by atoms with E-state index in [-0.39, 0.29) is 0 Å². The SMILES string of the molecule is O=[PH](OC(O)c1ccccc1)OC(O)c1ccccc1. The van der Waals surface area contributed by atoms with Gasteiger partial charge in [-0.2, -0.15) is 0 Å². The van der Waals surface area contributed by atoms with E-state index < -0.39 is 20.8 Å². The molecular formula is C14H15O5P. The summed E-state index contributed by atoms with van der Waals surface area (Å²) in [7, 11) is -3.03. The van der Waals surface area contributed by atoms with Crippen molar-refractivity contribution in [1.82, 2.24) is 0 Å². The van der Waals surface area contributed by atoms with E-state index in [2.05, 4.69) is 0 Å². The fraction of sp³-hybridized carbons (Fsp3) is 0.143. The number of hydrogen-bond acceptors (Lipinski definition) is 5. The highest BCUT2D eigenvalue weighted by molar-refractivity contribution is 7.33. The van der Waals surface area contributed by atoms with Crippen LogP contribution in [0.1, 0.15) is 23.7 Å². The average Bonchev–Trinajstić information content (AvgIpc) is 2.49. The summed E-state index contributed by atoms with van der Waals surface area (Å²) < 4.78 is 21.3. The molecule has 2 atom stereocenters. The zero-order valence-corrected chi connectivity index (χ0v) is 11.5. The molecule has 106 valence electrons. The van der Waals surface area contributed by atoms with Gasteiger partial charge in [0.25, 0.3) is 0 Å². The molecule has 2 rings (SSSR count). The zero-order valence-electron chi connectivity index (χ0n) is 10.5. The highest BCUT2D eigenvalue weighted by atomic mass is 31.1. The first-order valence-electron chi connectivity index (χ1n) is 6.00. The number of aliphatic hydroxyl groups is 2. The Balaban J connectivity index is 1.90. The zero-order chi connectivity index (χ0) is 14.4. The maximum atomic E-state index is 11.6. The second-order valence-corrected chi connectivity index (χ2v) is 4.98. The summed E-state index contributed by atoms with van der Waals surface area (Å²) in [4.78, 5) is 0. The van der Waals surface area contributed by atoms with Gasteiger partial charge >= 0.3 is 8.25 Å². The number of aliphatic hydroxyl groups excluding tert-OH is 2. The highest BCUT2D eigenvalue weighted by Gasteiger charge is 2.16. The fourth-order valence-corrected chi connectivity index (χ4v) is 2.27. The van der Waals surface area contributed by atoms with Crippen molar-refractivity contribution in [2.24, 2.45) is 0 Å². The molecule has 0 radical (unpaired) electrons. The van der Waals surface area contributed by atoms with Gasteiger partial charge in [-0.25, -0.2) is 0 Å². The Bertz CT molecular complexity index is 497. The largest absolute Gasteiger partial charge is 0.364 e. The van der Waals surface area contributed by atoms with Crippen LogP contribution in [0.2, 0.25) is 0 Å². The van der Waals surface area contributed by atoms with Crippen LogP contribution in [-0.4, -0.2) is 10.2 Å². The molecular weight excluding hydrogens is 279 g/mol.